The highest BCUT2D eigenvalue weighted by atomic mass is 32.2. The fourth-order valence-electron chi connectivity index (χ4n) is 4.88. The van der Waals surface area contributed by atoms with E-state index in [9.17, 15) is 13.2 Å². The number of piperazine rings is 1. The number of amides is 1. The van der Waals surface area contributed by atoms with E-state index in [0.29, 0.717) is 32.6 Å². The summed E-state index contributed by atoms with van der Waals surface area (Å²) in [4.78, 5) is 19.5. The number of carbonyl (C=O) groups is 1. The van der Waals surface area contributed by atoms with Gasteiger partial charge in [-0.1, -0.05) is 42.5 Å². The lowest BCUT2D eigenvalue weighted by Crippen LogP contribution is -2.50. The standard InChI is InChI=1S/C25H28N4O3S/c26-33(31,32)22-8-9-24-20(16-22)10-11-29(24)18-25(30)28-14-12-27(13-15-28)17-21-6-3-5-19-4-1-2-7-23(19)21/h1-9,16H,10-15,17-18H2,(H2,26,31,32). The summed E-state index contributed by atoms with van der Waals surface area (Å²) in [5, 5.41) is 7.79. The Labute approximate surface area is 194 Å². The molecular weight excluding hydrogens is 436 g/mol. The number of fused-ring (bicyclic) bond motifs is 2. The summed E-state index contributed by atoms with van der Waals surface area (Å²) < 4.78 is 23.2. The number of hydrogen-bond acceptors (Lipinski definition) is 5. The van der Waals surface area contributed by atoms with Crippen molar-refractivity contribution in [1.29, 1.82) is 0 Å². The molecule has 0 spiro atoms. The van der Waals surface area contributed by atoms with Gasteiger partial charge in [-0.3, -0.25) is 9.69 Å². The van der Waals surface area contributed by atoms with E-state index in [1.165, 1.54) is 22.4 Å². The van der Waals surface area contributed by atoms with E-state index < -0.39 is 10.0 Å². The number of nitrogens with two attached hydrogens (primary N) is 1. The molecule has 0 aliphatic carbocycles. The van der Waals surface area contributed by atoms with Crippen LogP contribution in [0.1, 0.15) is 11.1 Å². The number of carbonyl (C=O) groups excluding carboxylic acids is 1. The first-order valence-electron chi connectivity index (χ1n) is 11.3. The SMILES string of the molecule is NS(=O)(=O)c1ccc2c(c1)CCN2CC(=O)N1CCN(Cc2cccc3ccccc23)CC1. The molecule has 1 fully saturated rings. The van der Waals surface area contributed by atoms with Crippen molar-refractivity contribution in [2.45, 2.75) is 17.9 Å². The predicted octanol–water partition coefficient (Wildman–Crippen LogP) is 2.19. The molecule has 0 aromatic heterocycles. The topological polar surface area (TPSA) is 86.9 Å². The molecule has 0 atom stereocenters. The molecule has 3 aromatic carbocycles. The minimum atomic E-state index is -3.72. The second kappa shape index (κ2) is 8.78. The van der Waals surface area contributed by atoms with Crippen molar-refractivity contribution in [3.63, 3.8) is 0 Å². The van der Waals surface area contributed by atoms with Gasteiger partial charge in [-0.25, -0.2) is 13.6 Å². The zero-order valence-electron chi connectivity index (χ0n) is 18.5. The molecule has 0 radical (unpaired) electrons. The highest BCUT2D eigenvalue weighted by molar-refractivity contribution is 7.89. The molecule has 33 heavy (non-hydrogen) atoms. The van der Waals surface area contributed by atoms with Gasteiger partial charge < -0.3 is 9.80 Å². The normalized spacial score (nSPS) is 16.9. The summed E-state index contributed by atoms with van der Waals surface area (Å²) >= 11 is 0. The van der Waals surface area contributed by atoms with Crippen molar-refractivity contribution in [2.24, 2.45) is 5.14 Å². The molecule has 2 heterocycles. The minimum Gasteiger partial charge on any atom is -0.362 e. The van der Waals surface area contributed by atoms with E-state index in [2.05, 4.69) is 47.4 Å². The molecule has 172 valence electrons. The fraction of sp³-hybridized carbons (Fsp3) is 0.320. The lowest BCUT2D eigenvalue weighted by atomic mass is 10.0. The largest absolute Gasteiger partial charge is 0.362 e. The van der Waals surface area contributed by atoms with Gasteiger partial charge >= 0.3 is 0 Å². The molecule has 1 saturated heterocycles. The Morgan fingerprint density at radius 3 is 2.45 bits per heavy atom. The number of sulfonamides is 1. The van der Waals surface area contributed by atoms with Gasteiger partial charge in [-0.2, -0.15) is 0 Å². The molecule has 0 bridgehead atoms. The Bertz CT molecular complexity index is 1290. The Morgan fingerprint density at radius 2 is 1.67 bits per heavy atom. The average molecular weight is 465 g/mol. The van der Waals surface area contributed by atoms with Crippen LogP contribution >= 0.6 is 0 Å². The summed E-state index contributed by atoms with van der Waals surface area (Å²) in [7, 11) is -3.72. The molecule has 5 rings (SSSR count). The monoisotopic (exact) mass is 464 g/mol. The maximum absolute atomic E-state index is 13.0. The van der Waals surface area contributed by atoms with Gasteiger partial charge in [0.15, 0.2) is 0 Å². The maximum Gasteiger partial charge on any atom is 0.242 e. The molecule has 2 aliphatic rings. The van der Waals surface area contributed by atoms with Crippen molar-refractivity contribution in [1.82, 2.24) is 9.80 Å². The lowest BCUT2D eigenvalue weighted by molar-refractivity contribution is -0.131. The number of rotatable bonds is 5. The van der Waals surface area contributed by atoms with Gasteiger partial charge in [0, 0.05) is 45.0 Å². The molecule has 0 unspecified atom stereocenters. The average Bonchev–Trinajstić information content (AvgIpc) is 3.21. The molecule has 7 nitrogen and oxygen atoms in total. The van der Waals surface area contributed by atoms with Crippen molar-refractivity contribution in [2.75, 3.05) is 44.2 Å². The Morgan fingerprint density at radius 1 is 0.909 bits per heavy atom. The Kier molecular flexibility index (Phi) is 5.82. The van der Waals surface area contributed by atoms with Crippen molar-refractivity contribution >= 4 is 32.4 Å². The van der Waals surface area contributed by atoms with Gasteiger partial charge in [0.05, 0.1) is 11.4 Å². The summed E-state index contributed by atoms with van der Waals surface area (Å²) in [6, 6.07) is 19.8. The van der Waals surface area contributed by atoms with E-state index >= 15 is 0 Å². The first kappa shape index (κ1) is 21.9. The van der Waals surface area contributed by atoms with E-state index in [0.717, 1.165) is 30.9 Å². The first-order chi connectivity index (χ1) is 15.9. The third-order valence-electron chi connectivity index (χ3n) is 6.70. The van der Waals surface area contributed by atoms with E-state index in [-0.39, 0.29) is 10.8 Å². The zero-order chi connectivity index (χ0) is 23.0. The molecule has 1 amide bonds. The number of anilines is 1. The van der Waals surface area contributed by atoms with Crippen LogP contribution in [0.5, 0.6) is 0 Å². The lowest BCUT2D eigenvalue weighted by Gasteiger charge is -2.36. The zero-order valence-corrected chi connectivity index (χ0v) is 19.3. The second-order valence-corrected chi connectivity index (χ2v) is 10.4. The molecular formula is C25H28N4O3S. The predicted molar refractivity (Wildman–Crippen MR) is 130 cm³/mol. The van der Waals surface area contributed by atoms with Gasteiger partial charge in [0.25, 0.3) is 0 Å². The van der Waals surface area contributed by atoms with Crippen LogP contribution in [-0.2, 0) is 27.8 Å². The third kappa shape index (κ3) is 4.59. The molecule has 2 N–H and O–H groups in total. The van der Waals surface area contributed by atoms with Gasteiger partial charge in [0.2, 0.25) is 15.9 Å². The minimum absolute atomic E-state index is 0.114. The highest BCUT2D eigenvalue weighted by Crippen LogP contribution is 2.30. The van der Waals surface area contributed by atoms with Crippen LogP contribution in [0.25, 0.3) is 10.8 Å². The number of hydrogen-bond donors (Lipinski definition) is 1. The highest BCUT2D eigenvalue weighted by Gasteiger charge is 2.27. The van der Waals surface area contributed by atoms with Crippen LogP contribution in [0.4, 0.5) is 5.69 Å². The van der Waals surface area contributed by atoms with Gasteiger partial charge in [-0.15, -0.1) is 0 Å². The number of primary sulfonamides is 1. The maximum atomic E-state index is 13.0. The van der Waals surface area contributed by atoms with Gasteiger partial charge in [-0.05, 0) is 46.5 Å². The van der Waals surface area contributed by atoms with E-state index in [1.807, 2.05) is 9.80 Å². The number of benzene rings is 3. The first-order valence-corrected chi connectivity index (χ1v) is 12.8. The summed E-state index contributed by atoms with van der Waals surface area (Å²) in [6.07, 6.45) is 0.713. The Hall–Kier alpha value is -2.94. The molecule has 3 aromatic rings. The van der Waals surface area contributed by atoms with Crippen LogP contribution in [0.2, 0.25) is 0 Å². The summed E-state index contributed by atoms with van der Waals surface area (Å²) in [5.41, 5.74) is 3.17. The van der Waals surface area contributed by atoms with Gasteiger partial charge in [0.1, 0.15) is 0 Å². The Balaban J connectivity index is 1.18. The molecule has 8 heteroatoms. The number of nitrogens with zero attached hydrogens (tertiary/aromatic N) is 3. The quantitative estimate of drug-likeness (QED) is 0.626. The van der Waals surface area contributed by atoms with E-state index in [1.54, 1.807) is 12.1 Å². The summed E-state index contributed by atoms with van der Waals surface area (Å²) in [6.45, 7) is 5.03. The smallest absolute Gasteiger partial charge is 0.242 e. The van der Waals surface area contributed by atoms with Crippen LogP contribution in [0, 0.1) is 0 Å². The van der Waals surface area contributed by atoms with Crippen molar-refractivity contribution in [3.8, 4) is 0 Å². The van der Waals surface area contributed by atoms with Crippen LogP contribution in [0.3, 0.4) is 0 Å². The second-order valence-electron chi connectivity index (χ2n) is 8.80. The van der Waals surface area contributed by atoms with Crippen LogP contribution in [-0.4, -0.2) is 63.4 Å². The molecule has 0 saturated carbocycles. The van der Waals surface area contributed by atoms with Crippen LogP contribution in [0.15, 0.2) is 65.6 Å². The third-order valence-corrected chi connectivity index (χ3v) is 7.61. The molecule has 2 aliphatic heterocycles. The van der Waals surface area contributed by atoms with Crippen molar-refractivity contribution in [3.05, 3.63) is 71.8 Å². The van der Waals surface area contributed by atoms with Crippen LogP contribution < -0.4 is 10.0 Å². The summed E-state index contributed by atoms with van der Waals surface area (Å²) in [5.74, 6) is 0.114. The van der Waals surface area contributed by atoms with E-state index in [4.69, 9.17) is 5.14 Å². The fourth-order valence-corrected chi connectivity index (χ4v) is 5.44. The van der Waals surface area contributed by atoms with Crippen molar-refractivity contribution < 1.29 is 13.2 Å².